The van der Waals surface area contributed by atoms with E-state index < -0.39 is 0 Å². The summed E-state index contributed by atoms with van der Waals surface area (Å²) in [5.41, 5.74) is 4.49. The minimum Gasteiger partial charge on any atom is -0.206 e. The Kier molecular flexibility index (Phi) is 6.83. The summed E-state index contributed by atoms with van der Waals surface area (Å²) in [4.78, 5) is 0. The molecule has 0 saturated carbocycles. The molecular formula is C26H25F. The SMILES string of the molecule is CCCCCCc1ccc(C#Cc2ccc(-c3ccccc3)c(F)c2)cc1. The van der Waals surface area contributed by atoms with Gasteiger partial charge in [0.25, 0.3) is 0 Å². The molecule has 0 radical (unpaired) electrons. The predicted octanol–water partition coefficient (Wildman–Crippen LogP) is 7.02. The molecule has 0 nitrogen and oxygen atoms in total. The minimum atomic E-state index is -0.240. The zero-order chi connectivity index (χ0) is 18.9. The molecule has 3 rings (SSSR count). The number of halogens is 1. The average molecular weight is 356 g/mol. The van der Waals surface area contributed by atoms with E-state index in [1.807, 2.05) is 36.4 Å². The van der Waals surface area contributed by atoms with Crippen LogP contribution in [0.1, 0.15) is 49.3 Å². The van der Waals surface area contributed by atoms with Crippen molar-refractivity contribution in [3.63, 3.8) is 0 Å². The number of unbranched alkanes of at least 4 members (excludes halogenated alkanes) is 3. The van der Waals surface area contributed by atoms with Crippen LogP contribution in [0.15, 0.2) is 72.8 Å². The van der Waals surface area contributed by atoms with Crippen molar-refractivity contribution in [3.8, 4) is 23.0 Å². The standard InChI is InChI=1S/C26H25F/c1-2-3-4-6-9-21-12-14-22(15-13-21)16-17-23-18-19-25(26(27)20-23)24-10-7-5-8-11-24/h5,7-8,10-15,18-20H,2-4,6,9H2,1H3. The van der Waals surface area contributed by atoms with Crippen molar-refractivity contribution in [2.45, 2.75) is 39.0 Å². The van der Waals surface area contributed by atoms with Gasteiger partial charge in [0.05, 0.1) is 0 Å². The summed E-state index contributed by atoms with van der Waals surface area (Å²) < 4.78 is 14.4. The van der Waals surface area contributed by atoms with E-state index in [2.05, 4.69) is 43.0 Å². The number of aryl methyl sites for hydroxylation is 1. The fraction of sp³-hybridized carbons (Fsp3) is 0.231. The second-order valence-electron chi connectivity index (χ2n) is 6.82. The summed E-state index contributed by atoms with van der Waals surface area (Å²) in [5, 5.41) is 0. The number of hydrogen-bond donors (Lipinski definition) is 0. The third-order valence-electron chi connectivity index (χ3n) is 4.68. The van der Waals surface area contributed by atoms with Gasteiger partial charge in [-0.3, -0.25) is 0 Å². The summed E-state index contributed by atoms with van der Waals surface area (Å²) in [6, 6.07) is 23.2. The van der Waals surface area contributed by atoms with Gasteiger partial charge in [0, 0.05) is 16.7 Å². The maximum atomic E-state index is 14.4. The summed E-state index contributed by atoms with van der Waals surface area (Å²) in [6.07, 6.45) is 6.24. The van der Waals surface area contributed by atoms with Gasteiger partial charge in [-0.1, -0.05) is 86.6 Å². The molecule has 3 aromatic rings. The molecule has 0 unspecified atom stereocenters. The van der Waals surface area contributed by atoms with Crippen molar-refractivity contribution in [3.05, 3.63) is 95.3 Å². The van der Waals surface area contributed by atoms with E-state index in [-0.39, 0.29) is 5.82 Å². The molecule has 0 N–H and O–H groups in total. The minimum absolute atomic E-state index is 0.240. The molecule has 27 heavy (non-hydrogen) atoms. The van der Waals surface area contributed by atoms with Crippen LogP contribution in [0.5, 0.6) is 0 Å². The molecule has 0 heterocycles. The Balaban J connectivity index is 1.66. The van der Waals surface area contributed by atoms with Crippen molar-refractivity contribution in [1.29, 1.82) is 0 Å². The maximum Gasteiger partial charge on any atom is 0.132 e. The molecule has 0 spiro atoms. The molecule has 0 aliphatic heterocycles. The highest BCUT2D eigenvalue weighted by Gasteiger charge is 2.04. The monoisotopic (exact) mass is 356 g/mol. The lowest BCUT2D eigenvalue weighted by Gasteiger charge is -2.03. The van der Waals surface area contributed by atoms with E-state index in [1.54, 1.807) is 6.07 Å². The zero-order valence-electron chi connectivity index (χ0n) is 15.8. The van der Waals surface area contributed by atoms with Crippen LogP contribution in [0.4, 0.5) is 4.39 Å². The van der Waals surface area contributed by atoms with E-state index in [1.165, 1.54) is 37.3 Å². The van der Waals surface area contributed by atoms with Gasteiger partial charge in [0.1, 0.15) is 5.82 Å². The zero-order valence-corrected chi connectivity index (χ0v) is 15.8. The van der Waals surface area contributed by atoms with Crippen LogP contribution in [0.3, 0.4) is 0 Å². The van der Waals surface area contributed by atoms with Gasteiger partial charge in [-0.2, -0.15) is 0 Å². The third kappa shape index (κ3) is 5.56. The highest BCUT2D eigenvalue weighted by molar-refractivity contribution is 5.65. The molecule has 0 aliphatic carbocycles. The van der Waals surface area contributed by atoms with E-state index >= 15 is 0 Å². The van der Waals surface area contributed by atoms with Crippen molar-refractivity contribution in [1.82, 2.24) is 0 Å². The second kappa shape index (κ2) is 9.74. The van der Waals surface area contributed by atoms with Crippen molar-refractivity contribution < 1.29 is 4.39 Å². The Morgan fingerprint density at radius 1 is 0.741 bits per heavy atom. The van der Waals surface area contributed by atoms with Crippen molar-refractivity contribution in [2.24, 2.45) is 0 Å². The molecule has 136 valence electrons. The number of benzene rings is 3. The fourth-order valence-electron chi connectivity index (χ4n) is 3.10. The van der Waals surface area contributed by atoms with Crippen LogP contribution in [-0.4, -0.2) is 0 Å². The Labute approximate surface area is 162 Å². The Bertz CT molecular complexity index is 912. The molecule has 1 heteroatoms. The largest absolute Gasteiger partial charge is 0.206 e. The highest BCUT2D eigenvalue weighted by Crippen LogP contribution is 2.23. The third-order valence-corrected chi connectivity index (χ3v) is 4.68. The van der Waals surface area contributed by atoms with E-state index in [0.717, 1.165) is 17.5 Å². The highest BCUT2D eigenvalue weighted by atomic mass is 19.1. The predicted molar refractivity (Wildman–Crippen MR) is 112 cm³/mol. The molecule has 0 saturated heterocycles. The molecule has 0 amide bonds. The quantitative estimate of drug-likeness (QED) is 0.329. The van der Waals surface area contributed by atoms with Gasteiger partial charge < -0.3 is 0 Å². The van der Waals surface area contributed by atoms with Crippen LogP contribution in [0.2, 0.25) is 0 Å². The van der Waals surface area contributed by atoms with Gasteiger partial charge in [-0.05, 0) is 48.2 Å². The molecule has 0 bridgehead atoms. The lowest BCUT2D eigenvalue weighted by molar-refractivity contribution is 0.631. The van der Waals surface area contributed by atoms with Crippen LogP contribution >= 0.6 is 0 Å². The first-order valence-corrected chi connectivity index (χ1v) is 9.72. The summed E-state index contributed by atoms with van der Waals surface area (Å²) in [5.74, 6) is 5.96. The van der Waals surface area contributed by atoms with Gasteiger partial charge in [0.15, 0.2) is 0 Å². The maximum absolute atomic E-state index is 14.4. The van der Waals surface area contributed by atoms with Crippen LogP contribution in [0, 0.1) is 17.7 Å². The fourth-order valence-corrected chi connectivity index (χ4v) is 3.10. The van der Waals surface area contributed by atoms with E-state index in [0.29, 0.717) is 11.1 Å². The molecule has 0 atom stereocenters. The topological polar surface area (TPSA) is 0 Å². The summed E-state index contributed by atoms with van der Waals surface area (Å²) in [7, 11) is 0. The Morgan fingerprint density at radius 3 is 2.15 bits per heavy atom. The van der Waals surface area contributed by atoms with E-state index in [9.17, 15) is 4.39 Å². The molecular weight excluding hydrogens is 331 g/mol. The Morgan fingerprint density at radius 2 is 1.44 bits per heavy atom. The summed E-state index contributed by atoms with van der Waals surface area (Å²) >= 11 is 0. The van der Waals surface area contributed by atoms with Crippen molar-refractivity contribution >= 4 is 0 Å². The lowest BCUT2D eigenvalue weighted by Crippen LogP contribution is -1.87. The van der Waals surface area contributed by atoms with Gasteiger partial charge in [-0.25, -0.2) is 4.39 Å². The molecule has 0 aliphatic rings. The van der Waals surface area contributed by atoms with Crippen molar-refractivity contribution in [2.75, 3.05) is 0 Å². The van der Waals surface area contributed by atoms with Gasteiger partial charge in [0.2, 0.25) is 0 Å². The Hall–Kier alpha value is -2.85. The normalized spacial score (nSPS) is 10.3. The summed E-state index contributed by atoms with van der Waals surface area (Å²) in [6.45, 7) is 2.23. The van der Waals surface area contributed by atoms with Gasteiger partial charge in [-0.15, -0.1) is 0 Å². The smallest absolute Gasteiger partial charge is 0.132 e. The van der Waals surface area contributed by atoms with E-state index in [4.69, 9.17) is 0 Å². The second-order valence-corrected chi connectivity index (χ2v) is 6.82. The molecule has 0 fully saturated rings. The lowest BCUT2D eigenvalue weighted by atomic mass is 10.0. The van der Waals surface area contributed by atoms with Crippen LogP contribution in [0.25, 0.3) is 11.1 Å². The first kappa shape index (κ1) is 18.9. The average Bonchev–Trinajstić information content (AvgIpc) is 2.71. The van der Waals surface area contributed by atoms with Gasteiger partial charge >= 0.3 is 0 Å². The van der Waals surface area contributed by atoms with Crippen LogP contribution in [-0.2, 0) is 6.42 Å². The number of hydrogen-bond acceptors (Lipinski definition) is 0. The number of rotatable bonds is 6. The molecule has 3 aromatic carbocycles. The van der Waals surface area contributed by atoms with Crippen LogP contribution < -0.4 is 0 Å². The first-order chi connectivity index (χ1) is 13.3. The first-order valence-electron chi connectivity index (χ1n) is 9.72. The molecule has 0 aromatic heterocycles.